The van der Waals surface area contributed by atoms with E-state index in [9.17, 15) is 0 Å². The van der Waals surface area contributed by atoms with Gasteiger partial charge in [-0.3, -0.25) is 0 Å². The molecule has 0 saturated carbocycles. The van der Waals surface area contributed by atoms with Crippen molar-refractivity contribution in [3.63, 3.8) is 0 Å². The maximum Gasteiger partial charge on any atom is 0.0314 e. The summed E-state index contributed by atoms with van der Waals surface area (Å²) in [7, 11) is 4.74. The average molecular weight is 221 g/mol. The van der Waals surface area contributed by atoms with Crippen molar-refractivity contribution in [2.75, 3.05) is 5.73 Å². The topological polar surface area (TPSA) is 26.0 Å². The molecular weight excluding hydrogens is 214 g/mol. The SMILES string of the molecule is Nc1ccc(SSSS)cc1. The van der Waals surface area contributed by atoms with E-state index in [1.807, 2.05) is 24.3 Å². The van der Waals surface area contributed by atoms with Crippen LogP contribution in [0.4, 0.5) is 5.69 Å². The molecular formula is C6H7NS4. The first-order valence-corrected chi connectivity index (χ1v) is 7.37. The molecule has 5 heteroatoms. The number of thiol groups is 1. The third kappa shape index (κ3) is 3.55. The Morgan fingerprint density at radius 1 is 1.18 bits per heavy atom. The highest BCUT2D eigenvalue weighted by molar-refractivity contribution is 9.23. The van der Waals surface area contributed by atoms with Crippen LogP contribution in [0.3, 0.4) is 0 Å². The maximum atomic E-state index is 5.52. The number of nitrogen functional groups attached to an aromatic ring is 1. The van der Waals surface area contributed by atoms with Gasteiger partial charge in [-0.2, -0.15) is 0 Å². The molecule has 0 aromatic heterocycles. The highest BCUT2D eigenvalue weighted by atomic mass is 33.7. The first-order valence-electron chi connectivity index (χ1n) is 2.83. The van der Waals surface area contributed by atoms with E-state index in [0.717, 1.165) is 5.69 Å². The summed E-state index contributed by atoms with van der Waals surface area (Å²) in [5.74, 6) is 0. The minimum absolute atomic E-state index is 0.804. The summed E-state index contributed by atoms with van der Waals surface area (Å²) in [6.45, 7) is 0. The van der Waals surface area contributed by atoms with Gasteiger partial charge in [-0.25, -0.2) is 0 Å². The first-order chi connectivity index (χ1) is 5.33. The Labute approximate surface area is 82.5 Å². The quantitative estimate of drug-likeness (QED) is 0.464. The van der Waals surface area contributed by atoms with E-state index in [1.165, 1.54) is 14.7 Å². The maximum absolute atomic E-state index is 5.52. The number of hydrogen-bond donors (Lipinski definition) is 2. The Balaban J connectivity index is 2.52. The van der Waals surface area contributed by atoms with Gasteiger partial charge < -0.3 is 5.73 Å². The Bertz CT molecular complexity index is 210. The van der Waals surface area contributed by atoms with Gasteiger partial charge in [0.1, 0.15) is 0 Å². The van der Waals surface area contributed by atoms with Gasteiger partial charge in [0.2, 0.25) is 0 Å². The molecule has 0 aliphatic carbocycles. The van der Waals surface area contributed by atoms with Crippen LogP contribution < -0.4 is 5.73 Å². The normalized spacial score (nSPS) is 9.91. The van der Waals surface area contributed by atoms with Crippen LogP contribution in [0.2, 0.25) is 0 Å². The molecule has 1 rings (SSSR count). The van der Waals surface area contributed by atoms with E-state index in [1.54, 1.807) is 20.6 Å². The lowest BCUT2D eigenvalue weighted by Crippen LogP contribution is -1.81. The monoisotopic (exact) mass is 221 g/mol. The smallest absolute Gasteiger partial charge is 0.0314 e. The molecule has 0 saturated heterocycles. The highest BCUT2D eigenvalue weighted by Gasteiger charge is 1.92. The Morgan fingerprint density at radius 3 is 2.36 bits per heavy atom. The predicted octanol–water partition coefficient (Wildman–Crippen LogP) is 3.50. The van der Waals surface area contributed by atoms with Crippen molar-refractivity contribution < 1.29 is 0 Å². The lowest BCUT2D eigenvalue weighted by atomic mass is 10.3. The molecule has 0 radical (unpaired) electrons. The van der Waals surface area contributed by atoms with Gasteiger partial charge >= 0.3 is 0 Å². The van der Waals surface area contributed by atoms with E-state index in [2.05, 4.69) is 11.7 Å². The van der Waals surface area contributed by atoms with Crippen LogP contribution in [0.25, 0.3) is 0 Å². The van der Waals surface area contributed by atoms with Crippen LogP contribution in [0.5, 0.6) is 0 Å². The molecule has 1 aromatic carbocycles. The van der Waals surface area contributed by atoms with Gasteiger partial charge in [-0.15, -0.1) is 0 Å². The zero-order valence-electron chi connectivity index (χ0n) is 5.56. The van der Waals surface area contributed by atoms with Crippen molar-refractivity contribution >= 4 is 47.8 Å². The second-order valence-electron chi connectivity index (χ2n) is 1.79. The summed E-state index contributed by atoms with van der Waals surface area (Å²) in [6.07, 6.45) is 0. The molecule has 0 bridgehead atoms. The molecule has 11 heavy (non-hydrogen) atoms. The molecule has 0 amide bonds. The largest absolute Gasteiger partial charge is 0.399 e. The second-order valence-corrected chi connectivity index (χ2v) is 6.64. The van der Waals surface area contributed by atoms with Crippen molar-refractivity contribution in [2.45, 2.75) is 4.90 Å². The number of anilines is 1. The molecule has 0 unspecified atom stereocenters. The van der Waals surface area contributed by atoms with Crippen LogP contribution in [-0.4, -0.2) is 0 Å². The summed E-state index contributed by atoms with van der Waals surface area (Å²) in [5, 5.41) is 0. The van der Waals surface area contributed by atoms with Crippen LogP contribution in [0.15, 0.2) is 29.2 Å². The van der Waals surface area contributed by atoms with E-state index in [0.29, 0.717) is 0 Å². The van der Waals surface area contributed by atoms with Gasteiger partial charge in [-0.05, 0) is 54.7 Å². The van der Waals surface area contributed by atoms with Gasteiger partial charge in [0.05, 0.1) is 0 Å². The molecule has 0 aliphatic heterocycles. The third-order valence-electron chi connectivity index (χ3n) is 1.04. The van der Waals surface area contributed by atoms with Gasteiger partial charge in [0.25, 0.3) is 0 Å². The molecule has 1 aromatic rings. The van der Waals surface area contributed by atoms with Gasteiger partial charge in [0.15, 0.2) is 0 Å². The minimum atomic E-state index is 0.804. The molecule has 0 heterocycles. The number of hydrogen-bond acceptors (Lipinski definition) is 5. The van der Waals surface area contributed by atoms with Crippen molar-refractivity contribution in [1.29, 1.82) is 0 Å². The Kier molecular flexibility index (Phi) is 4.44. The zero-order valence-corrected chi connectivity index (χ0v) is 8.90. The lowest BCUT2D eigenvalue weighted by Gasteiger charge is -1.97. The zero-order chi connectivity index (χ0) is 8.10. The van der Waals surface area contributed by atoms with Crippen LogP contribution in [0, 0.1) is 0 Å². The van der Waals surface area contributed by atoms with Crippen molar-refractivity contribution in [2.24, 2.45) is 0 Å². The van der Waals surface area contributed by atoms with Crippen molar-refractivity contribution in [1.82, 2.24) is 0 Å². The molecule has 2 N–H and O–H groups in total. The fourth-order valence-corrected chi connectivity index (χ4v) is 3.40. The van der Waals surface area contributed by atoms with Crippen LogP contribution in [0.1, 0.15) is 0 Å². The standard InChI is InChI=1S/C6H7NS4/c7-5-1-3-6(4-2-5)9-11-10-8/h1-4,8H,7H2. The van der Waals surface area contributed by atoms with Crippen molar-refractivity contribution in [3.05, 3.63) is 24.3 Å². The molecule has 0 atom stereocenters. The van der Waals surface area contributed by atoms with Crippen molar-refractivity contribution in [3.8, 4) is 0 Å². The van der Waals surface area contributed by atoms with Gasteiger partial charge in [0, 0.05) is 10.6 Å². The molecule has 0 spiro atoms. The number of benzene rings is 1. The summed E-state index contributed by atoms with van der Waals surface area (Å²) in [6, 6.07) is 7.78. The van der Waals surface area contributed by atoms with E-state index < -0.39 is 0 Å². The molecule has 1 nitrogen and oxygen atoms in total. The average Bonchev–Trinajstić information content (AvgIpc) is 2.04. The summed E-state index contributed by atoms with van der Waals surface area (Å²) in [4.78, 5) is 1.20. The summed E-state index contributed by atoms with van der Waals surface area (Å²) >= 11 is 4.01. The van der Waals surface area contributed by atoms with Crippen LogP contribution in [-0.2, 0) is 0 Å². The fourth-order valence-electron chi connectivity index (χ4n) is 0.578. The number of rotatable bonds is 3. The fraction of sp³-hybridized carbons (Fsp3) is 0. The predicted molar refractivity (Wildman–Crippen MR) is 60.9 cm³/mol. The molecule has 0 fully saturated rings. The lowest BCUT2D eigenvalue weighted by molar-refractivity contribution is 1.48. The Hall–Kier alpha value is 0.420. The Morgan fingerprint density at radius 2 is 1.82 bits per heavy atom. The molecule has 0 aliphatic rings. The third-order valence-corrected chi connectivity index (χ3v) is 5.40. The summed E-state index contributed by atoms with van der Waals surface area (Å²) < 4.78 is 0. The van der Waals surface area contributed by atoms with Gasteiger partial charge in [-0.1, -0.05) is 11.7 Å². The molecule has 60 valence electrons. The summed E-state index contributed by atoms with van der Waals surface area (Å²) in [5.41, 5.74) is 6.32. The van der Waals surface area contributed by atoms with Crippen LogP contribution >= 0.6 is 42.1 Å². The van der Waals surface area contributed by atoms with E-state index in [-0.39, 0.29) is 0 Å². The second kappa shape index (κ2) is 5.13. The minimum Gasteiger partial charge on any atom is -0.399 e. The van der Waals surface area contributed by atoms with E-state index in [4.69, 9.17) is 5.73 Å². The first kappa shape index (κ1) is 9.51. The van der Waals surface area contributed by atoms with E-state index >= 15 is 0 Å². The number of nitrogens with two attached hydrogens (primary N) is 1. The highest BCUT2D eigenvalue weighted by Crippen LogP contribution is 2.41.